The molecule has 0 atom stereocenters. The Labute approximate surface area is 177 Å². The van der Waals surface area contributed by atoms with Crippen LogP contribution in [0.1, 0.15) is 10.4 Å². The van der Waals surface area contributed by atoms with Crippen LogP contribution in [0.5, 0.6) is 5.75 Å². The molecule has 0 saturated heterocycles. The topological polar surface area (TPSA) is 99.3 Å². The molecule has 0 aliphatic rings. The van der Waals surface area contributed by atoms with Crippen LogP contribution in [0.25, 0.3) is 16.9 Å². The molecule has 0 aliphatic heterocycles. The molecule has 4 rings (SSSR count). The van der Waals surface area contributed by atoms with Gasteiger partial charge in [0.05, 0.1) is 29.0 Å². The van der Waals surface area contributed by atoms with Crippen LogP contribution in [0, 0.1) is 10.1 Å². The van der Waals surface area contributed by atoms with Crippen LogP contribution in [-0.2, 0) is 0 Å². The Morgan fingerprint density at radius 3 is 2.35 bits per heavy atom. The Morgan fingerprint density at radius 1 is 1.00 bits per heavy atom. The number of carbonyl (C=O) groups is 1. The number of benzene rings is 3. The number of nitro benzene ring substituents is 1. The average Bonchev–Trinajstić information content (AvgIpc) is 3.26. The van der Waals surface area contributed by atoms with Crippen molar-refractivity contribution >= 4 is 17.3 Å². The highest BCUT2D eigenvalue weighted by Gasteiger charge is 2.20. The Morgan fingerprint density at radius 2 is 1.68 bits per heavy atom. The molecule has 8 heteroatoms. The fraction of sp³-hybridized carbons (Fsp3) is 0.0435. The van der Waals surface area contributed by atoms with Crippen molar-refractivity contribution in [1.29, 1.82) is 0 Å². The van der Waals surface area contributed by atoms with Gasteiger partial charge in [-0.15, -0.1) is 0 Å². The maximum Gasteiger partial charge on any atom is 0.269 e. The Bertz CT molecular complexity index is 1230. The summed E-state index contributed by atoms with van der Waals surface area (Å²) in [6.45, 7) is 0. The van der Waals surface area contributed by atoms with Crippen LogP contribution in [0.3, 0.4) is 0 Å². The van der Waals surface area contributed by atoms with Crippen LogP contribution in [0.15, 0.2) is 85.1 Å². The lowest BCUT2D eigenvalue weighted by Gasteiger charge is -2.09. The second kappa shape index (κ2) is 8.50. The van der Waals surface area contributed by atoms with Crippen LogP contribution in [0.4, 0.5) is 11.4 Å². The smallest absolute Gasteiger partial charge is 0.269 e. The van der Waals surface area contributed by atoms with Gasteiger partial charge in [-0.1, -0.05) is 30.3 Å². The Balaban J connectivity index is 1.77. The van der Waals surface area contributed by atoms with Crippen molar-refractivity contribution in [3.8, 4) is 22.7 Å². The predicted molar refractivity (Wildman–Crippen MR) is 117 cm³/mol. The number of nitro groups is 1. The van der Waals surface area contributed by atoms with E-state index in [1.807, 2.05) is 36.4 Å². The van der Waals surface area contributed by atoms with Gasteiger partial charge in [-0.25, -0.2) is 4.68 Å². The lowest BCUT2D eigenvalue weighted by molar-refractivity contribution is -0.384. The van der Waals surface area contributed by atoms with E-state index in [1.54, 1.807) is 41.2 Å². The van der Waals surface area contributed by atoms with E-state index in [-0.39, 0.29) is 11.6 Å². The molecular weight excluding hydrogens is 396 g/mol. The largest absolute Gasteiger partial charge is 0.495 e. The van der Waals surface area contributed by atoms with E-state index in [0.717, 1.165) is 5.69 Å². The van der Waals surface area contributed by atoms with Gasteiger partial charge in [-0.3, -0.25) is 14.9 Å². The van der Waals surface area contributed by atoms with Gasteiger partial charge in [0.1, 0.15) is 11.4 Å². The van der Waals surface area contributed by atoms with Crippen molar-refractivity contribution in [1.82, 2.24) is 9.78 Å². The summed E-state index contributed by atoms with van der Waals surface area (Å²) in [7, 11) is 1.53. The third-order valence-corrected chi connectivity index (χ3v) is 4.69. The van der Waals surface area contributed by atoms with E-state index < -0.39 is 4.92 Å². The number of aromatic nitrogens is 2. The minimum atomic E-state index is -0.471. The second-order valence-electron chi connectivity index (χ2n) is 6.63. The van der Waals surface area contributed by atoms with Gasteiger partial charge in [0.15, 0.2) is 0 Å². The fourth-order valence-electron chi connectivity index (χ4n) is 3.14. The number of carbonyl (C=O) groups excluding carboxylic acids is 1. The molecule has 31 heavy (non-hydrogen) atoms. The van der Waals surface area contributed by atoms with Crippen LogP contribution in [0.2, 0.25) is 0 Å². The fourth-order valence-corrected chi connectivity index (χ4v) is 3.14. The molecule has 1 aromatic heterocycles. The molecule has 0 aliphatic carbocycles. The molecule has 8 nitrogen and oxygen atoms in total. The van der Waals surface area contributed by atoms with Gasteiger partial charge < -0.3 is 10.1 Å². The summed E-state index contributed by atoms with van der Waals surface area (Å²) >= 11 is 0. The molecule has 3 aromatic carbocycles. The predicted octanol–water partition coefficient (Wildman–Crippen LogP) is 4.71. The van der Waals surface area contributed by atoms with E-state index in [1.165, 1.54) is 19.2 Å². The third-order valence-electron chi connectivity index (χ3n) is 4.69. The molecule has 1 heterocycles. The summed E-state index contributed by atoms with van der Waals surface area (Å²) in [5, 5.41) is 18.4. The van der Waals surface area contributed by atoms with Crippen molar-refractivity contribution in [3.05, 3.63) is 101 Å². The lowest BCUT2D eigenvalue weighted by Crippen LogP contribution is -2.13. The van der Waals surface area contributed by atoms with Crippen molar-refractivity contribution in [2.45, 2.75) is 0 Å². The first kappa shape index (κ1) is 19.8. The minimum Gasteiger partial charge on any atom is -0.495 e. The highest BCUT2D eigenvalue weighted by molar-refractivity contribution is 6.08. The molecule has 0 bridgehead atoms. The summed E-state index contributed by atoms with van der Waals surface area (Å²) in [5.41, 5.74) is 2.59. The number of para-hydroxylation sites is 3. The molecule has 1 amide bonds. The standard InChI is InChI=1S/C23H18N4O4/c1-31-21-10-6-5-9-20(21)24-23(28)19-15-26(17-7-3-2-4-8-17)25-22(19)16-11-13-18(14-12-16)27(29)30/h2-15H,1H3,(H,24,28). The number of rotatable bonds is 6. The van der Waals surface area contributed by atoms with E-state index in [9.17, 15) is 14.9 Å². The first-order valence-electron chi connectivity index (χ1n) is 9.41. The maximum absolute atomic E-state index is 13.2. The van der Waals surface area contributed by atoms with Gasteiger partial charge in [0.25, 0.3) is 11.6 Å². The summed E-state index contributed by atoms with van der Waals surface area (Å²) in [6, 6.07) is 22.4. The van der Waals surface area contributed by atoms with Crippen molar-refractivity contribution < 1.29 is 14.5 Å². The zero-order valence-electron chi connectivity index (χ0n) is 16.6. The van der Waals surface area contributed by atoms with Gasteiger partial charge in [-0.2, -0.15) is 5.10 Å². The molecule has 0 unspecified atom stereocenters. The van der Waals surface area contributed by atoms with E-state index in [2.05, 4.69) is 10.4 Å². The van der Waals surface area contributed by atoms with Gasteiger partial charge in [0, 0.05) is 23.9 Å². The summed E-state index contributed by atoms with van der Waals surface area (Å²) in [4.78, 5) is 23.7. The molecule has 154 valence electrons. The molecule has 4 aromatic rings. The second-order valence-corrected chi connectivity index (χ2v) is 6.63. The normalized spacial score (nSPS) is 10.5. The number of non-ortho nitro benzene ring substituents is 1. The summed E-state index contributed by atoms with van der Waals surface area (Å²) in [6.07, 6.45) is 1.64. The Hall–Kier alpha value is -4.46. The van der Waals surface area contributed by atoms with Crippen LogP contribution in [-0.4, -0.2) is 27.7 Å². The number of ether oxygens (including phenoxy) is 1. The molecule has 0 radical (unpaired) electrons. The number of nitrogens with one attached hydrogen (secondary N) is 1. The quantitative estimate of drug-likeness (QED) is 0.364. The molecule has 0 saturated carbocycles. The monoisotopic (exact) mass is 414 g/mol. The van der Waals surface area contributed by atoms with E-state index >= 15 is 0 Å². The number of anilines is 1. The van der Waals surface area contributed by atoms with E-state index in [0.29, 0.717) is 28.3 Å². The molecule has 0 spiro atoms. The number of methoxy groups -OCH3 is 1. The van der Waals surface area contributed by atoms with Crippen molar-refractivity contribution in [2.75, 3.05) is 12.4 Å². The maximum atomic E-state index is 13.2. The lowest BCUT2D eigenvalue weighted by atomic mass is 10.1. The summed E-state index contributed by atoms with van der Waals surface area (Å²) < 4.78 is 6.91. The van der Waals surface area contributed by atoms with Crippen molar-refractivity contribution in [2.24, 2.45) is 0 Å². The number of hydrogen-bond acceptors (Lipinski definition) is 5. The first-order valence-corrected chi connectivity index (χ1v) is 9.41. The highest BCUT2D eigenvalue weighted by Crippen LogP contribution is 2.28. The number of nitrogens with zero attached hydrogens (tertiary/aromatic N) is 3. The zero-order valence-corrected chi connectivity index (χ0v) is 16.6. The Kier molecular flexibility index (Phi) is 5.44. The molecule has 1 N–H and O–H groups in total. The van der Waals surface area contributed by atoms with Crippen LogP contribution >= 0.6 is 0 Å². The van der Waals surface area contributed by atoms with Crippen molar-refractivity contribution in [3.63, 3.8) is 0 Å². The number of hydrogen-bond donors (Lipinski definition) is 1. The van der Waals surface area contributed by atoms with Gasteiger partial charge in [-0.05, 0) is 36.4 Å². The van der Waals surface area contributed by atoms with Gasteiger partial charge in [0.2, 0.25) is 0 Å². The molecular formula is C23H18N4O4. The van der Waals surface area contributed by atoms with Crippen LogP contribution < -0.4 is 10.1 Å². The number of amides is 1. The third kappa shape index (κ3) is 4.13. The highest BCUT2D eigenvalue weighted by atomic mass is 16.6. The van der Waals surface area contributed by atoms with Gasteiger partial charge >= 0.3 is 0 Å². The SMILES string of the molecule is COc1ccccc1NC(=O)c1cn(-c2ccccc2)nc1-c1ccc([N+](=O)[O-])cc1. The first-order chi connectivity index (χ1) is 15.1. The zero-order chi connectivity index (χ0) is 21.8. The van der Waals surface area contributed by atoms with E-state index in [4.69, 9.17) is 4.74 Å². The molecule has 0 fully saturated rings. The minimum absolute atomic E-state index is 0.0359. The summed E-state index contributed by atoms with van der Waals surface area (Å²) in [5.74, 6) is 0.156. The average molecular weight is 414 g/mol.